The Morgan fingerprint density at radius 2 is 2.00 bits per heavy atom. The maximum absolute atomic E-state index is 12.9. The molecule has 31 heavy (non-hydrogen) atoms. The molecule has 2 aromatic carbocycles. The van der Waals surface area contributed by atoms with Crippen LogP contribution in [0.5, 0.6) is 0 Å². The molecule has 2 heterocycles. The van der Waals surface area contributed by atoms with Crippen LogP contribution in [0.4, 0.5) is 0 Å². The molecular formula is C24H25ClN4O2. The summed E-state index contributed by atoms with van der Waals surface area (Å²) in [6, 6.07) is 15.2. The minimum atomic E-state index is -0.334. The van der Waals surface area contributed by atoms with E-state index in [4.69, 9.17) is 21.1 Å². The minimum Gasteiger partial charge on any atom is -0.443 e. The second-order valence-corrected chi connectivity index (χ2v) is 9.12. The minimum absolute atomic E-state index is 0.0741. The van der Waals surface area contributed by atoms with Crippen molar-refractivity contribution in [2.45, 2.75) is 45.6 Å². The van der Waals surface area contributed by atoms with E-state index >= 15 is 0 Å². The highest BCUT2D eigenvalue weighted by Crippen LogP contribution is 2.25. The third kappa shape index (κ3) is 4.49. The highest BCUT2D eigenvalue weighted by molar-refractivity contribution is 6.30. The molecule has 1 amide bonds. The number of amides is 1. The van der Waals surface area contributed by atoms with Gasteiger partial charge in [0.25, 0.3) is 0 Å². The van der Waals surface area contributed by atoms with Crippen molar-refractivity contribution in [1.29, 1.82) is 0 Å². The molecule has 1 atom stereocenters. The Hall–Kier alpha value is -3.12. The van der Waals surface area contributed by atoms with Crippen molar-refractivity contribution in [3.63, 3.8) is 0 Å². The van der Waals surface area contributed by atoms with E-state index in [1.807, 2.05) is 60.1 Å². The number of hydrogen-bond donors (Lipinski definition) is 1. The zero-order chi connectivity index (χ0) is 22.2. The van der Waals surface area contributed by atoms with Crippen molar-refractivity contribution in [1.82, 2.24) is 20.1 Å². The van der Waals surface area contributed by atoms with Crippen molar-refractivity contribution in [2.24, 2.45) is 0 Å². The molecule has 0 spiro atoms. The van der Waals surface area contributed by atoms with Crippen molar-refractivity contribution < 1.29 is 9.21 Å². The molecule has 6 nitrogen and oxygen atoms in total. The summed E-state index contributed by atoms with van der Waals surface area (Å²) in [5.74, 6) is -0.408. The first-order chi connectivity index (χ1) is 14.7. The number of carbonyl (C=O) groups excluding carboxylic acids is 1. The van der Waals surface area contributed by atoms with Crippen molar-refractivity contribution in [3.8, 4) is 5.69 Å². The van der Waals surface area contributed by atoms with Gasteiger partial charge < -0.3 is 9.73 Å². The lowest BCUT2D eigenvalue weighted by molar-refractivity contribution is -0.122. The van der Waals surface area contributed by atoms with Gasteiger partial charge in [-0.25, -0.2) is 9.67 Å². The smallest absolute Gasteiger partial charge is 0.227 e. The van der Waals surface area contributed by atoms with Gasteiger partial charge in [0.05, 0.1) is 29.5 Å². The van der Waals surface area contributed by atoms with Crippen LogP contribution in [0.15, 0.2) is 59.3 Å². The Labute approximate surface area is 186 Å². The number of hydrogen-bond acceptors (Lipinski definition) is 4. The van der Waals surface area contributed by atoms with Crippen LogP contribution in [-0.2, 0) is 16.8 Å². The molecule has 7 heteroatoms. The SMILES string of the molecule is CC(C(=O)NCc1cc(C(C)(C)C)nn1-c1cccc(Cl)c1)c1ccc2ncoc2c1. The molecule has 1 unspecified atom stereocenters. The second-order valence-electron chi connectivity index (χ2n) is 8.68. The second kappa shape index (κ2) is 8.19. The van der Waals surface area contributed by atoms with Crippen LogP contribution in [0.1, 0.15) is 50.6 Å². The summed E-state index contributed by atoms with van der Waals surface area (Å²) in [5, 5.41) is 8.47. The van der Waals surface area contributed by atoms with Gasteiger partial charge in [-0.2, -0.15) is 5.10 Å². The van der Waals surface area contributed by atoms with E-state index in [9.17, 15) is 4.79 Å². The Morgan fingerprint density at radius 1 is 1.19 bits per heavy atom. The van der Waals surface area contributed by atoms with E-state index < -0.39 is 0 Å². The van der Waals surface area contributed by atoms with Gasteiger partial charge in [0.15, 0.2) is 12.0 Å². The lowest BCUT2D eigenvalue weighted by atomic mass is 9.92. The topological polar surface area (TPSA) is 73.0 Å². The van der Waals surface area contributed by atoms with Gasteiger partial charge in [-0.3, -0.25) is 4.79 Å². The highest BCUT2D eigenvalue weighted by atomic mass is 35.5. The number of fused-ring (bicyclic) bond motifs is 1. The molecule has 0 aliphatic heterocycles. The van der Waals surface area contributed by atoms with Gasteiger partial charge in [-0.15, -0.1) is 0 Å². The normalized spacial score (nSPS) is 12.8. The number of nitrogens with zero attached hydrogens (tertiary/aromatic N) is 3. The lowest BCUT2D eigenvalue weighted by Crippen LogP contribution is -2.28. The summed E-state index contributed by atoms with van der Waals surface area (Å²) in [7, 11) is 0. The Morgan fingerprint density at radius 3 is 2.74 bits per heavy atom. The monoisotopic (exact) mass is 436 g/mol. The predicted octanol–water partition coefficient (Wildman–Crippen LogP) is 5.38. The lowest BCUT2D eigenvalue weighted by Gasteiger charge is -2.14. The average Bonchev–Trinajstić information content (AvgIpc) is 3.37. The number of benzene rings is 2. The number of oxazole rings is 1. The maximum Gasteiger partial charge on any atom is 0.227 e. The van der Waals surface area contributed by atoms with Crippen LogP contribution in [0.2, 0.25) is 5.02 Å². The molecule has 0 saturated heterocycles. The third-order valence-corrected chi connectivity index (χ3v) is 5.53. The number of halogens is 1. The van der Waals surface area contributed by atoms with Crippen LogP contribution < -0.4 is 5.32 Å². The molecule has 4 aromatic rings. The van der Waals surface area contributed by atoms with Crippen molar-refractivity contribution in [2.75, 3.05) is 0 Å². The number of rotatable bonds is 5. The maximum atomic E-state index is 12.9. The average molecular weight is 437 g/mol. The first-order valence-electron chi connectivity index (χ1n) is 10.2. The van der Waals surface area contributed by atoms with Crippen LogP contribution in [0.25, 0.3) is 16.8 Å². The number of carbonyl (C=O) groups is 1. The van der Waals surface area contributed by atoms with E-state index in [0.717, 1.165) is 28.2 Å². The summed E-state index contributed by atoms with van der Waals surface area (Å²) in [5.41, 5.74) is 4.89. The van der Waals surface area contributed by atoms with Gasteiger partial charge in [0.1, 0.15) is 5.52 Å². The largest absolute Gasteiger partial charge is 0.443 e. The summed E-state index contributed by atoms with van der Waals surface area (Å²) in [6.07, 6.45) is 1.41. The van der Waals surface area contributed by atoms with Crippen LogP contribution in [0, 0.1) is 0 Å². The van der Waals surface area contributed by atoms with Gasteiger partial charge in [0.2, 0.25) is 5.91 Å². The quantitative estimate of drug-likeness (QED) is 0.455. The van der Waals surface area contributed by atoms with Gasteiger partial charge >= 0.3 is 0 Å². The van der Waals surface area contributed by atoms with Gasteiger partial charge in [-0.1, -0.05) is 44.5 Å². The van der Waals surface area contributed by atoms with Crippen molar-refractivity contribution in [3.05, 3.63) is 76.9 Å². The number of aromatic nitrogens is 3. The summed E-state index contributed by atoms with van der Waals surface area (Å²) < 4.78 is 7.21. The Kier molecular flexibility index (Phi) is 5.58. The molecule has 1 N–H and O–H groups in total. The fourth-order valence-corrected chi connectivity index (χ4v) is 3.55. The molecule has 0 fully saturated rings. The zero-order valence-corrected chi connectivity index (χ0v) is 18.8. The van der Waals surface area contributed by atoms with Gasteiger partial charge in [-0.05, 0) is 48.9 Å². The first kappa shape index (κ1) is 21.1. The van der Waals surface area contributed by atoms with E-state index in [0.29, 0.717) is 17.2 Å². The highest BCUT2D eigenvalue weighted by Gasteiger charge is 2.22. The first-order valence-corrected chi connectivity index (χ1v) is 10.6. The molecule has 0 saturated carbocycles. The van der Waals surface area contributed by atoms with E-state index in [-0.39, 0.29) is 17.2 Å². The molecule has 160 valence electrons. The molecule has 0 bridgehead atoms. The molecule has 4 rings (SSSR count). The summed E-state index contributed by atoms with van der Waals surface area (Å²) in [6.45, 7) is 8.57. The molecule has 0 radical (unpaired) electrons. The summed E-state index contributed by atoms with van der Waals surface area (Å²) in [4.78, 5) is 17.0. The van der Waals surface area contributed by atoms with Gasteiger partial charge in [0, 0.05) is 10.4 Å². The Bertz CT molecular complexity index is 1240. The predicted molar refractivity (Wildman–Crippen MR) is 122 cm³/mol. The third-order valence-electron chi connectivity index (χ3n) is 5.30. The van der Waals surface area contributed by atoms with Crippen LogP contribution >= 0.6 is 11.6 Å². The fourth-order valence-electron chi connectivity index (χ4n) is 3.37. The standard InChI is InChI=1S/C24H25ClN4O2/c1-15(16-8-9-20-21(10-16)31-14-27-20)23(30)26-13-19-12-22(24(2,3)4)28-29(19)18-7-5-6-17(25)11-18/h5-12,14-15H,13H2,1-4H3,(H,26,30). The van der Waals surface area contributed by atoms with Crippen molar-refractivity contribution >= 4 is 28.6 Å². The Balaban J connectivity index is 1.56. The van der Waals surface area contributed by atoms with E-state index in [2.05, 4.69) is 31.1 Å². The van der Waals surface area contributed by atoms with Crippen LogP contribution in [0.3, 0.4) is 0 Å². The fraction of sp³-hybridized carbons (Fsp3) is 0.292. The van der Waals surface area contributed by atoms with E-state index in [1.54, 1.807) is 0 Å². The number of nitrogens with one attached hydrogen (secondary N) is 1. The molecule has 0 aliphatic rings. The summed E-state index contributed by atoms with van der Waals surface area (Å²) >= 11 is 6.19. The van der Waals surface area contributed by atoms with E-state index in [1.165, 1.54) is 6.39 Å². The zero-order valence-electron chi connectivity index (χ0n) is 18.0. The molecule has 0 aliphatic carbocycles. The molecular weight excluding hydrogens is 412 g/mol. The van der Waals surface area contributed by atoms with Crippen LogP contribution in [-0.4, -0.2) is 20.7 Å². The molecule has 2 aromatic heterocycles.